The average molecular weight is 479 g/mol. The van der Waals surface area contributed by atoms with E-state index in [1.807, 2.05) is 11.0 Å². The molecule has 1 unspecified atom stereocenters. The Bertz CT molecular complexity index is 785. The van der Waals surface area contributed by atoms with E-state index in [1.54, 1.807) is 4.90 Å². The molecule has 7 nitrogen and oxygen atoms in total. The van der Waals surface area contributed by atoms with Gasteiger partial charge in [-0.1, -0.05) is 25.5 Å². The number of carbonyl (C=O) groups excluding carboxylic acids is 2. The molecule has 0 aliphatic carbocycles. The summed E-state index contributed by atoms with van der Waals surface area (Å²) in [6, 6.07) is 8.15. The molecule has 3 fully saturated rings. The number of carbonyl (C=O) groups is 2. The van der Waals surface area contributed by atoms with Crippen molar-refractivity contribution in [3.8, 4) is 5.75 Å². The average Bonchev–Trinajstić information content (AvgIpc) is 2.83. The van der Waals surface area contributed by atoms with Crippen molar-refractivity contribution in [3.63, 3.8) is 0 Å². The molecular weight excluding hydrogens is 440 g/mol. The number of para-hydroxylation sites is 2. The molecule has 3 saturated heterocycles. The third-order valence-corrected chi connectivity index (χ3v) is 6.98. The monoisotopic (exact) mass is 478 g/mol. The molecule has 1 aromatic carbocycles. The number of piperidine rings is 1. The summed E-state index contributed by atoms with van der Waals surface area (Å²) in [6.45, 7) is 9.58. The van der Waals surface area contributed by atoms with Crippen molar-refractivity contribution < 1.29 is 14.3 Å². The molecule has 0 radical (unpaired) electrons. The molecule has 3 aliphatic rings. The summed E-state index contributed by atoms with van der Waals surface area (Å²) >= 11 is 0. The number of rotatable bonds is 9. The van der Waals surface area contributed by atoms with Gasteiger partial charge in [0, 0.05) is 39.3 Å². The fraction of sp³-hybridized carbons (Fsp3) is 0.680. The normalized spacial score (nSPS) is 21.6. The topological polar surface area (TPSA) is 56.3 Å². The van der Waals surface area contributed by atoms with Gasteiger partial charge in [0.2, 0.25) is 11.8 Å². The number of unbranched alkanes of at least 4 members (excludes halogenated alkanes) is 1. The second-order valence-corrected chi connectivity index (χ2v) is 9.21. The summed E-state index contributed by atoms with van der Waals surface area (Å²) in [6.07, 6.45) is 6.03. The maximum atomic E-state index is 12.8. The molecule has 0 aromatic heterocycles. The highest BCUT2D eigenvalue weighted by atomic mass is 35.5. The van der Waals surface area contributed by atoms with Gasteiger partial charge in [0.15, 0.2) is 0 Å². The van der Waals surface area contributed by atoms with Gasteiger partial charge in [-0.2, -0.15) is 0 Å². The lowest BCUT2D eigenvalue weighted by Gasteiger charge is -2.43. The minimum Gasteiger partial charge on any atom is -0.491 e. The molecule has 4 rings (SSSR count). The minimum atomic E-state index is -0.201. The van der Waals surface area contributed by atoms with E-state index >= 15 is 0 Å². The molecule has 0 bridgehead atoms. The molecule has 3 heterocycles. The summed E-state index contributed by atoms with van der Waals surface area (Å²) in [5.41, 5.74) is 1.19. The SMILES string of the molecule is CCCCOc1ccccc1N1CCN(CCCN2CC(=O)N3CCCCC3C2=O)CC1.Cl. The van der Waals surface area contributed by atoms with E-state index in [2.05, 4.69) is 34.9 Å². The number of nitrogens with zero attached hydrogens (tertiary/aromatic N) is 4. The Balaban J connectivity index is 0.00000306. The summed E-state index contributed by atoms with van der Waals surface area (Å²) in [5.74, 6) is 1.27. The van der Waals surface area contributed by atoms with Crippen LogP contribution in [-0.4, -0.2) is 91.5 Å². The quantitative estimate of drug-likeness (QED) is 0.511. The van der Waals surface area contributed by atoms with Crippen LogP contribution in [0.25, 0.3) is 0 Å². The Morgan fingerprint density at radius 1 is 0.970 bits per heavy atom. The molecule has 2 amide bonds. The van der Waals surface area contributed by atoms with Crippen LogP contribution in [0.15, 0.2) is 24.3 Å². The lowest BCUT2D eigenvalue weighted by Crippen LogP contribution is -2.61. The number of hydrogen-bond donors (Lipinski definition) is 0. The van der Waals surface area contributed by atoms with Crippen molar-refractivity contribution >= 4 is 29.9 Å². The predicted octanol–water partition coefficient (Wildman–Crippen LogP) is 3.02. The lowest BCUT2D eigenvalue weighted by molar-refractivity contribution is -0.157. The fourth-order valence-corrected chi connectivity index (χ4v) is 5.08. The van der Waals surface area contributed by atoms with Gasteiger partial charge >= 0.3 is 0 Å². The minimum absolute atomic E-state index is 0. The van der Waals surface area contributed by atoms with E-state index in [9.17, 15) is 9.59 Å². The molecular formula is C25H39ClN4O3. The zero-order valence-electron chi connectivity index (χ0n) is 19.9. The third-order valence-electron chi connectivity index (χ3n) is 6.98. The van der Waals surface area contributed by atoms with Crippen LogP contribution >= 0.6 is 12.4 Å². The van der Waals surface area contributed by atoms with Crippen LogP contribution in [0.1, 0.15) is 45.4 Å². The molecule has 1 aromatic rings. The molecule has 8 heteroatoms. The standard InChI is InChI=1S/C25H38N4O3.ClH/c1-2-3-19-32-23-11-5-4-9-21(23)27-17-15-26(16-18-27)12-8-13-28-20-24(30)29-14-7-6-10-22(29)25(28)31;/h4-5,9,11,22H,2-3,6-8,10,12-20H2,1H3;1H. The number of halogens is 1. The summed E-state index contributed by atoms with van der Waals surface area (Å²) in [7, 11) is 0. The highest BCUT2D eigenvalue weighted by Gasteiger charge is 2.40. The van der Waals surface area contributed by atoms with E-state index in [0.717, 1.165) is 90.1 Å². The number of amides is 2. The van der Waals surface area contributed by atoms with Crippen LogP contribution in [-0.2, 0) is 9.59 Å². The van der Waals surface area contributed by atoms with Gasteiger partial charge in [-0.25, -0.2) is 0 Å². The molecule has 1 atom stereocenters. The van der Waals surface area contributed by atoms with Gasteiger partial charge in [0.05, 0.1) is 18.8 Å². The van der Waals surface area contributed by atoms with Crippen molar-refractivity contribution in [2.75, 3.05) is 63.9 Å². The van der Waals surface area contributed by atoms with Crippen molar-refractivity contribution in [1.82, 2.24) is 14.7 Å². The van der Waals surface area contributed by atoms with E-state index in [1.165, 1.54) is 5.69 Å². The largest absolute Gasteiger partial charge is 0.491 e. The molecule has 0 spiro atoms. The van der Waals surface area contributed by atoms with Gasteiger partial charge in [-0.05, 0) is 50.8 Å². The number of ether oxygens (including phenoxy) is 1. The van der Waals surface area contributed by atoms with Crippen LogP contribution in [0, 0.1) is 0 Å². The van der Waals surface area contributed by atoms with Gasteiger partial charge in [0.25, 0.3) is 0 Å². The zero-order valence-corrected chi connectivity index (χ0v) is 20.7. The molecule has 0 saturated carbocycles. The van der Waals surface area contributed by atoms with Crippen molar-refractivity contribution in [3.05, 3.63) is 24.3 Å². The van der Waals surface area contributed by atoms with Gasteiger partial charge in [0.1, 0.15) is 11.8 Å². The van der Waals surface area contributed by atoms with E-state index < -0.39 is 0 Å². The highest BCUT2D eigenvalue weighted by Crippen LogP contribution is 2.29. The molecule has 33 heavy (non-hydrogen) atoms. The van der Waals surface area contributed by atoms with E-state index in [-0.39, 0.29) is 36.8 Å². The second-order valence-electron chi connectivity index (χ2n) is 9.21. The Morgan fingerprint density at radius 3 is 2.55 bits per heavy atom. The highest BCUT2D eigenvalue weighted by molar-refractivity contribution is 5.95. The predicted molar refractivity (Wildman–Crippen MR) is 133 cm³/mol. The van der Waals surface area contributed by atoms with Crippen molar-refractivity contribution in [2.24, 2.45) is 0 Å². The maximum absolute atomic E-state index is 12.8. The smallest absolute Gasteiger partial charge is 0.245 e. The fourth-order valence-electron chi connectivity index (χ4n) is 5.08. The van der Waals surface area contributed by atoms with Crippen LogP contribution < -0.4 is 9.64 Å². The van der Waals surface area contributed by atoms with Crippen molar-refractivity contribution in [2.45, 2.75) is 51.5 Å². The molecule has 0 N–H and O–H groups in total. The van der Waals surface area contributed by atoms with Gasteiger partial charge < -0.3 is 19.4 Å². The van der Waals surface area contributed by atoms with Crippen LogP contribution in [0.5, 0.6) is 5.75 Å². The number of fused-ring (bicyclic) bond motifs is 1. The van der Waals surface area contributed by atoms with Gasteiger partial charge in [-0.3, -0.25) is 14.5 Å². The summed E-state index contributed by atoms with van der Waals surface area (Å²) < 4.78 is 6.02. The van der Waals surface area contributed by atoms with E-state index in [0.29, 0.717) is 6.54 Å². The number of piperazine rings is 2. The first-order valence-electron chi connectivity index (χ1n) is 12.4. The summed E-state index contributed by atoms with van der Waals surface area (Å²) in [5, 5.41) is 0. The first-order valence-corrected chi connectivity index (χ1v) is 12.4. The Kier molecular flexibility index (Phi) is 9.68. The number of hydrogen-bond acceptors (Lipinski definition) is 5. The van der Waals surface area contributed by atoms with Crippen LogP contribution in [0.4, 0.5) is 5.69 Å². The molecule has 184 valence electrons. The van der Waals surface area contributed by atoms with E-state index in [4.69, 9.17) is 4.74 Å². The van der Waals surface area contributed by atoms with Crippen LogP contribution in [0.2, 0.25) is 0 Å². The number of benzene rings is 1. The Labute approximate surface area is 204 Å². The number of anilines is 1. The van der Waals surface area contributed by atoms with Crippen molar-refractivity contribution in [1.29, 1.82) is 0 Å². The zero-order chi connectivity index (χ0) is 22.3. The van der Waals surface area contributed by atoms with Crippen LogP contribution in [0.3, 0.4) is 0 Å². The maximum Gasteiger partial charge on any atom is 0.245 e. The lowest BCUT2D eigenvalue weighted by atomic mass is 9.98. The second kappa shape index (κ2) is 12.5. The Hall–Kier alpha value is -1.99. The van der Waals surface area contributed by atoms with Gasteiger partial charge in [-0.15, -0.1) is 12.4 Å². The Morgan fingerprint density at radius 2 is 1.76 bits per heavy atom. The summed E-state index contributed by atoms with van der Waals surface area (Å²) in [4.78, 5) is 33.8. The third kappa shape index (κ3) is 6.33. The first-order chi connectivity index (χ1) is 15.7. The molecule has 3 aliphatic heterocycles. The first kappa shape index (κ1) is 25.6.